The molecule has 1 N–H and O–H groups in total. The highest BCUT2D eigenvalue weighted by Gasteiger charge is 2.42. The van der Waals surface area contributed by atoms with Crippen LogP contribution in [0.1, 0.15) is 51.9 Å². The second kappa shape index (κ2) is 4.74. The van der Waals surface area contributed by atoms with Gasteiger partial charge in [-0.2, -0.15) is 0 Å². The average molecular weight is 225 g/mol. The van der Waals surface area contributed by atoms with Crippen molar-refractivity contribution >= 4 is 5.97 Å². The van der Waals surface area contributed by atoms with Crippen LogP contribution in [0.2, 0.25) is 0 Å². The van der Waals surface area contributed by atoms with E-state index in [0.29, 0.717) is 6.04 Å². The van der Waals surface area contributed by atoms with Gasteiger partial charge in [-0.1, -0.05) is 25.7 Å². The normalized spacial score (nSPS) is 30.4. The van der Waals surface area contributed by atoms with Gasteiger partial charge in [0.05, 0.1) is 5.41 Å². The van der Waals surface area contributed by atoms with Crippen molar-refractivity contribution in [3.05, 3.63) is 0 Å². The third kappa shape index (κ3) is 2.24. The molecular weight excluding hydrogens is 202 g/mol. The van der Waals surface area contributed by atoms with Crippen LogP contribution in [0.15, 0.2) is 0 Å². The molecule has 0 radical (unpaired) electrons. The van der Waals surface area contributed by atoms with Gasteiger partial charge in [0.15, 0.2) is 0 Å². The Morgan fingerprint density at radius 1 is 1.31 bits per heavy atom. The lowest BCUT2D eigenvalue weighted by atomic mass is 9.78. The highest BCUT2D eigenvalue weighted by Crippen LogP contribution is 2.38. The number of likely N-dealkylation sites (tertiary alicyclic amines) is 1. The second-order valence-corrected chi connectivity index (χ2v) is 5.61. The van der Waals surface area contributed by atoms with Gasteiger partial charge >= 0.3 is 5.97 Å². The molecule has 0 amide bonds. The lowest BCUT2D eigenvalue weighted by molar-refractivity contribution is -0.152. The van der Waals surface area contributed by atoms with Crippen molar-refractivity contribution in [1.82, 2.24) is 4.90 Å². The molecule has 1 saturated carbocycles. The number of carboxylic acid groups (broad SMARTS) is 1. The van der Waals surface area contributed by atoms with Crippen LogP contribution in [0.25, 0.3) is 0 Å². The number of aliphatic carboxylic acids is 1. The molecule has 16 heavy (non-hydrogen) atoms. The molecule has 0 aromatic rings. The minimum absolute atomic E-state index is 0.439. The first kappa shape index (κ1) is 11.9. The van der Waals surface area contributed by atoms with Crippen LogP contribution in [0.5, 0.6) is 0 Å². The summed E-state index contributed by atoms with van der Waals surface area (Å²) in [7, 11) is 0. The maximum atomic E-state index is 11.6. The number of rotatable bonds is 3. The van der Waals surface area contributed by atoms with Crippen LogP contribution < -0.4 is 0 Å². The van der Waals surface area contributed by atoms with E-state index in [4.69, 9.17) is 0 Å². The molecule has 2 rings (SSSR count). The Balaban J connectivity index is 2.04. The number of carboxylic acids is 1. The minimum atomic E-state index is -0.562. The minimum Gasteiger partial charge on any atom is -0.481 e. The largest absolute Gasteiger partial charge is 0.481 e. The SMILES string of the molecule is CC1CCN1CC1(C(=O)O)CCCCCC1. The molecule has 1 aliphatic carbocycles. The number of hydrogen-bond acceptors (Lipinski definition) is 2. The topological polar surface area (TPSA) is 40.5 Å². The summed E-state index contributed by atoms with van der Waals surface area (Å²) in [4.78, 5) is 13.9. The Hall–Kier alpha value is -0.570. The number of carbonyl (C=O) groups is 1. The Morgan fingerprint density at radius 3 is 2.31 bits per heavy atom. The number of hydrogen-bond donors (Lipinski definition) is 1. The lowest BCUT2D eigenvalue weighted by Gasteiger charge is -2.44. The molecule has 1 saturated heterocycles. The smallest absolute Gasteiger partial charge is 0.310 e. The number of nitrogens with zero attached hydrogens (tertiary/aromatic N) is 1. The van der Waals surface area contributed by atoms with Gasteiger partial charge in [0.25, 0.3) is 0 Å². The van der Waals surface area contributed by atoms with Crippen molar-refractivity contribution in [2.75, 3.05) is 13.1 Å². The Labute approximate surface area is 97.8 Å². The quantitative estimate of drug-likeness (QED) is 0.750. The Kier molecular flexibility index (Phi) is 3.53. The summed E-state index contributed by atoms with van der Waals surface area (Å²) in [6.45, 7) is 4.08. The van der Waals surface area contributed by atoms with Gasteiger partial charge in [-0.15, -0.1) is 0 Å². The van der Waals surface area contributed by atoms with Gasteiger partial charge in [-0.25, -0.2) is 0 Å². The lowest BCUT2D eigenvalue weighted by Crippen LogP contribution is -2.53. The van der Waals surface area contributed by atoms with E-state index in [1.165, 1.54) is 19.3 Å². The highest BCUT2D eigenvalue weighted by atomic mass is 16.4. The maximum Gasteiger partial charge on any atom is 0.310 e. The molecular formula is C13H23NO2. The molecule has 0 bridgehead atoms. The standard InChI is InChI=1S/C13H23NO2/c1-11-6-9-14(11)10-13(12(15)16)7-4-2-3-5-8-13/h11H,2-10H2,1H3,(H,15,16). The van der Waals surface area contributed by atoms with Gasteiger partial charge in [0, 0.05) is 12.6 Å². The molecule has 3 heteroatoms. The first-order valence-corrected chi connectivity index (χ1v) is 6.61. The van der Waals surface area contributed by atoms with E-state index < -0.39 is 11.4 Å². The summed E-state index contributed by atoms with van der Waals surface area (Å²) in [5.41, 5.74) is -0.439. The maximum absolute atomic E-state index is 11.6. The van der Waals surface area contributed by atoms with E-state index in [1.54, 1.807) is 0 Å². The van der Waals surface area contributed by atoms with Crippen molar-refractivity contribution in [2.24, 2.45) is 5.41 Å². The summed E-state index contributed by atoms with van der Waals surface area (Å²) in [5, 5.41) is 9.54. The Morgan fingerprint density at radius 2 is 1.94 bits per heavy atom. The highest BCUT2D eigenvalue weighted by molar-refractivity contribution is 5.75. The predicted molar refractivity (Wildman–Crippen MR) is 63.4 cm³/mol. The van der Waals surface area contributed by atoms with E-state index in [2.05, 4.69) is 11.8 Å². The summed E-state index contributed by atoms with van der Waals surface area (Å²) >= 11 is 0. The molecule has 0 aromatic carbocycles. The van der Waals surface area contributed by atoms with Crippen molar-refractivity contribution in [3.63, 3.8) is 0 Å². The van der Waals surface area contributed by atoms with Crippen molar-refractivity contribution in [1.29, 1.82) is 0 Å². The zero-order valence-corrected chi connectivity index (χ0v) is 10.2. The molecule has 1 unspecified atom stereocenters. The van der Waals surface area contributed by atoms with Crippen LogP contribution in [-0.2, 0) is 4.79 Å². The molecule has 1 heterocycles. The van der Waals surface area contributed by atoms with Crippen LogP contribution in [-0.4, -0.2) is 35.1 Å². The first-order chi connectivity index (χ1) is 7.64. The van der Waals surface area contributed by atoms with E-state index >= 15 is 0 Å². The summed E-state index contributed by atoms with van der Waals surface area (Å²) in [5.74, 6) is -0.562. The van der Waals surface area contributed by atoms with E-state index in [1.807, 2.05) is 0 Å². The fourth-order valence-corrected chi connectivity index (χ4v) is 3.04. The van der Waals surface area contributed by atoms with Crippen molar-refractivity contribution in [2.45, 2.75) is 57.9 Å². The molecule has 2 fully saturated rings. The van der Waals surface area contributed by atoms with Crippen LogP contribution >= 0.6 is 0 Å². The first-order valence-electron chi connectivity index (χ1n) is 6.61. The zero-order valence-electron chi connectivity index (χ0n) is 10.2. The van der Waals surface area contributed by atoms with Crippen molar-refractivity contribution < 1.29 is 9.90 Å². The fourth-order valence-electron chi connectivity index (χ4n) is 3.04. The molecule has 92 valence electrons. The third-order valence-corrected chi connectivity index (χ3v) is 4.48. The van der Waals surface area contributed by atoms with Crippen LogP contribution in [0.3, 0.4) is 0 Å². The molecule has 2 aliphatic rings. The summed E-state index contributed by atoms with van der Waals surface area (Å²) in [6, 6.07) is 0.597. The van der Waals surface area contributed by atoms with Gasteiger partial charge < -0.3 is 5.11 Å². The third-order valence-electron chi connectivity index (χ3n) is 4.48. The fraction of sp³-hybridized carbons (Fsp3) is 0.923. The van der Waals surface area contributed by atoms with Crippen LogP contribution in [0, 0.1) is 5.41 Å². The molecule has 0 aromatic heterocycles. The van der Waals surface area contributed by atoms with E-state index in [9.17, 15) is 9.90 Å². The molecule has 1 aliphatic heterocycles. The Bertz CT molecular complexity index is 257. The molecule has 0 spiro atoms. The van der Waals surface area contributed by atoms with Crippen molar-refractivity contribution in [3.8, 4) is 0 Å². The predicted octanol–water partition coefficient (Wildman–Crippen LogP) is 2.51. The van der Waals surface area contributed by atoms with E-state index in [0.717, 1.165) is 38.8 Å². The molecule has 1 atom stereocenters. The van der Waals surface area contributed by atoms with E-state index in [-0.39, 0.29) is 0 Å². The van der Waals surface area contributed by atoms with Gasteiger partial charge in [0.2, 0.25) is 0 Å². The molecule has 3 nitrogen and oxygen atoms in total. The van der Waals surface area contributed by atoms with Crippen LogP contribution in [0.4, 0.5) is 0 Å². The van der Waals surface area contributed by atoms with Gasteiger partial charge in [-0.3, -0.25) is 9.69 Å². The zero-order chi connectivity index (χ0) is 11.6. The second-order valence-electron chi connectivity index (χ2n) is 5.61. The summed E-state index contributed by atoms with van der Waals surface area (Å²) in [6.07, 6.45) is 7.60. The summed E-state index contributed by atoms with van der Waals surface area (Å²) < 4.78 is 0. The average Bonchev–Trinajstić information content (AvgIpc) is 2.50. The monoisotopic (exact) mass is 225 g/mol. The van der Waals surface area contributed by atoms with Gasteiger partial charge in [-0.05, 0) is 32.7 Å². The van der Waals surface area contributed by atoms with Gasteiger partial charge in [0.1, 0.15) is 0 Å².